The molecule has 0 radical (unpaired) electrons. The van der Waals surface area contributed by atoms with Gasteiger partial charge in [-0.05, 0) is 58.9 Å². The third-order valence-corrected chi connectivity index (χ3v) is 6.35. The monoisotopic (exact) mass is 466 g/mol. The maximum Gasteiger partial charge on any atom is 0.341 e. The quantitative estimate of drug-likeness (QED) is 0.322. The lowest BCUT2D eigenvalue weighted by molar-refractivity contribution is -0.139. The molecule has 0 atom stereocenters. The van der Waals surface area contributed by atoms with Gasteiger partial charge < -0.3 is 9.84 Å². The van der Waals surface area contributed by atoms with Crippen LogP contribution in [0.15, 0.2) is 77.7 Å². The van der Waals surface area contributed by atoms with Crippen LogP contribution < -0.4 is 4.74 Å². The Balaban J connectivity index is 1.79. The number of hydrogen-bond donors (Lipinski definition) is 1. The van der Waals surface area contributed by atoms with Gasteiger partial charge >= 0.3 is 5.97 Å². The summed E-state index contributed by atoms with van der Waals surface area (Å²) in [6.45, 7) is 3.91. The first-order valence-corrected chi connectivity index (χ1v) is 12.0. The van der Waals surface area contributed by atoms with Crippen LogP contribution in [0.4, 0.5) is 0 Å². The standard InChI is InChI=1S/C27H27ClO3S/c1-3-19-5-9-21(10-6-19)24(22-11-7-20(4-2)8-12-22)15-16-32-23-13-14-26(25(28)17-23)31-18-27(29)30/h5-15,17H,3-4,16,18H2,1-2H3,(H,29,30). The summed E-state index contributed by atoms with van der Waals surface area (Å²) >= 11 is 7.92. The molecule has 32 heavy (non-hydrogen) atoms. The van der Waals surface area contributed by atoms with Gasteiger partial charge in [0.25, 0.3) is 0 Å². The van der Waals surface area contributed by atoms with E-state index >= 15 is 0 Å². The van der Waals surface area contributed by atoms with Gasteiger partial charge in [-0.25, -0.2) is 4.79 Å². The van der Waals surface area contributed by atoms with Crippen LogP contribution in [0.1, 0.15) is 36.1 Å². The Bertz CT molecular complexity index is 1020. The van der Waals surface area contributed by atoms with E-state index in [9.17, 15) is 4.79 Å². The van der Waals surface area contributed by atoms with Crippen molar-refractivity contribution in [2.24, 2.45) is 0 Å². The molecule has 0 saturated carbocycles. The van der Waals surface area contributed by atoms with Crippen LogP contribution in [0.3, 0.4) is 0 Å². The molecule has 5 heteroatoms. The molecular formula is C27H27ClO3S. The number of thioether (sulfide) groups is 1. The lowest BCUT2D eigenvalue weighted by Gasteiger charge is -2.11. The van der Waals surface area contributed by atoms with Crippen LogP contribution in [-0.2, 0) is 17.6 Å². The summed E-state index contributed by atoms with van der Waals surface area (Å²) in [6.07, 6.45) is 4.29. The first-order chi connectivity index (χ1) is 15.5. The molecule has 3 aromatic rings. The fourth-order valence-corrected chi connectivity index (χ4v) is 4.40. The molecule has 0 aromatic heterocycles. The zero-order chi connectivity index (χ0) is 22.9. The Labute approximate surface area is 199 Å². The number of aliphatic carboxylic acids is 1. The predicted octanol–water partition coefficient (Wildman–Crippen LogP) is 7.15. The first-order valence-electron chi connectivity index (χ1n) is 10.7. The van der Waals surface area contributed by atoms with E-state index in [4.69, 9.17) is 21.4 Å². The third kappa shape index (κ3) is 6.65. The Kier molecular flexibility index (Phi) is 8.83. The van der Waals surface area contributed by atoms with Crippen LogP contribution in [0.2, 0.25) is 5.02 Å². The second kappa shape index (κ2) is 11.8. The third-order valence-electron chi connectivity index (χ3n) is 5.14. The van der Waals surface area contributed by atoms with Gasteiger partial charge in [0.1, 0.15) is 5.75 Å². The predicted molar refractivity (Wildman–Crippen MR) is 134 cm³/mol. The van der Waals surface area contributed by atoms with Gasteiger partial charge in [-0.15, -0.1) is 11.8 Å². The van der Waals surface area contributed by atoms with Gasteiger partial charge in [0.05, 0.1) is 5.02 Å². The molecule has 0 spiro atoms. The van der Waals surface area contributed by atoms with Crippen LogP contribution in [0, 0.1) is 0 Å². The number of carboxylic acid groups (broad SMARTS) is 1. The second-order valence-electron chi connectivity index (χ2n) is 7.30. The Morgan fingerprint density at radius 1 is 0.938 bits per heavy atom. The van der Waals surface area contributed by atoms with Gasteiger partial charge in [-0.1, -0.05) is 80.1 Å². The van der Waals surface area contributed by atoms with E-state index in [-0.39, 0.29) is 0 Å². The second-order valence-corrected chi connectivity index (χ2v) is 8.81. The van der Waals surface area contributed by atoms with E-state index in [1.54, 1.807) is 17.8 Å². The van der Waals surface area contributed by atoms with Crippen molar-refractivity contribution in [2.75, 3.05) is 12.4 Å². The highest BCUT2D eigenvalue weighted by molar-refractivity contribution is 7.99. The fraction of sp³-hybridized carbons (Fsp3) is 0.222. The average molecular weight is 467 g/mol. The lowest BCUT2D eigenvalue weighted by atomic mass is 9.95. The molecule has 3 aromatic carbocycles. The topological polar surface area (TPSA) is 46.5 Å². The molecule has 0 aliphatic rings. The van der Waals surface area contributed by atoms with Crippen LogP contribution in [0.5, 0.6) is 5.75 Å². The molecule has 0 amide bonds. The lowest BCUT2D eigenvalue weighted by Crippen LogP contribution is -2.09. The molecule has 0 aliphatic heterocycles. The number of rotatable bonds is 10. The summed E-state index contributed by atoms with van der Waals surface area (Å²) in [7, 11) is 0. The maximum absolute atomic E-state index is 10.7. The number of carboxylic acids is 1. The zero-order valence-corrected chi connectivity index (χ0v) is 19.9. The zero-order valence-electron chi connectivity index (χ0n) is 18.3. The summed E-state index contributed by atoms with van der Waals surface area (Å²) in [6, 6.07) is 22.9. The van der Waals surface area contributed by atoms with E-state index in [1.165, 1.54) is 27.8 Å². The highest BCUT2D eigenvalue weighted by Crippen LogP contribution is 2.31. The smallest absolute Gasteiger partial charge is 0.341 e. The number of aryl methyl sites for hydroxylation is 2. The number of carbonyl (C=O) groups is 1. The Hall–Kier alpha value is -2.69. The fourth-order valence-electron chi connectivity index (χ4n) is 3.29. The summed E-state index contributed by atoms with van der Waals surface area (Å²) in [5.41, 5.74) is 6.24. The number of halogens is 1. The van der Waals surface area contributed by atoms with Gasteiger partial charge in [-0.2, -0.15) is 0 Å². The van der Waals surface area contributed by atoms with Crippen molar-refractivity contribution in [1.82, 2.24) is 0 Å². The number of hydrogen-bond acceptors (Lipinski definition) is 3. The van der Waals surface area contributed by atoms with E-state index < -0.39 is 12.6 Å². The summed E-state index contributed by atoms with van der Waals surface area (Å²) in [5, 5.41) is 9.16. The van der Waals surface area contributed by atoms with Crippen molar-refractivity contribution < 1.29 is 14.6 Å². The average Bonchev–Trinajstić information content (AvgIpc) is 2.81. The molecule has 166 valence electrons. The summed E-state index contributed by atoms with van der Waals surface area (Å²) in [5.74, 6) is 0.115. The molecule has 0 fully saturated rings. The molecule has 3 rings (SSSR count). The molecule has 0 bridgehead atoms. The van der Waals surface area contributed by atoms with Gasteiger partial charge in [0.15, 0.2) is 6.61 Å². The van der Waals surface area contributed by atoms with Crippen LogP contribution in [0.25, 0.3) is 5.57 Å². The van der Waals surface area contributed by atoms with E-state index in [1.807, 2.05) is 12.1 Å². The first kappa shape index (κ1) is 24.0. The maximum atomic E-state index is 10.7. The van der Waals surface area contributed by atoms with E-state index in [2.05, 4.69) is 68.5 Å². The number of benzene rings is 3. The van der Waals surface area contributed by atoms with Crippen LogP contribution >= 0.6 is 23.4 Å². The number of ether oxygens (including phenoxy) is 1. The summed E-state index contributed by atoms with van der Waals surface area (Å²) in [4.78, 5) is 11.7. The minimum absolute atomic E-state index is 0.377. The van der Waals surface area contributed by atoms with Crippen molar-refractivity contribution in [1.29, 1.82) is 0 Å². The minimum Gasteiger partial charge on any atom is -0.480 e. The van der Waals surface area contributed by atoms with E-state index in [0.717, 1.165) is 23.5 Å². The van der Waals surface area contributed by atoms with Crippen molar-refractivity contribution in [3.05, 3.63) is 100 Å². The molecule has 0 unspecified atom stereocenters. The SMILES string of the molecule is CCc1ccc(C(=CCSc2ccc(OCC(=O)O)c(Cl)c2)c2ccc(CC)cc2)cc1. The highest BCUT2D eigenvalue weighted by atomic mass is 35.5. The molecule has 0 aliphatic carbocycles. The molecule has 0 saturated heterocycles. The van der Waals surface area contributed by atoms with Gasteiger partial charge in [0.2, 0.25) is 0 Å². The van der Waals surface area contributed by atoms with Crippen LogP contribution in [-0.4, -0.2) is 23.4 Å². The van der Waals surface area contributed by atoms with Crippen molar-refractivity contribution >= 4 is 34.9 Å². The molecule has 0 heterocycles. The van der Waals surface area contributed by atoms with Gasteiger partial charge in [0, 0.05) is 10.6 Å². The molecule has 1 N–H and O–H groups in total. The van der Waals surface area contributed by atoms with Crippen molar-refractivity contribution in [3.63, 3.8) is 0 Å². The van der Waals surface area contributed by atoms with E-state index in [0.29, 0.717) is 10.8 Å². The van der Waals surface area contributed by atoms with Crippen molar-refractivity contribution in [2.45, 2.75) is 31.6 Å². The Morgan fingerprint density at radius 2 is 1.50 bits per heavy atom. The Morgan fingerprint density at radius 3 is 1.97 bits per heavy atom. The minimum atomic E-state index is -1.03. The highest BCUT2D eigenvalue weighted by Gasteiger charge is 2.08. The summed E-state index contributed by atoms with van der Waals surface area (Å²) < 4.78 is 5.20. The largest absolute Gasteiger partial charge is 0.480 e. The molecule has 3 nitrogen and oxygen atoms in total. The van der Waals surface area contributed by atoms with Gasteiger partial charge in [-0.3, -0.25) is 0 Å². The molecular weight excluding hydrogens is 440 g/mol. The normalized spacial score (nSPS) is 10.6. The van der Waals surface area contributed by atoms with Crippen molar-refractivity contribution in [3.8, 4) is 5.75 Å².